The summed E-state index contributed by atoms with van der Waals surface area (Å²) in [5, 5.41) is 20.3. The number of carbonyl (C=O) groups is 2. The quantitative estimate of drug-likeness (QED) is 0.613. The number of amides is 1. The van der Waals surface area contributed by atoms with Crippen molar-refractivity contribution in [2.45, 2.75) is 57.3 Å². The van der Waals surface area contributed by atoms with Gasteiger partial charge in [-0.3, -0.25) is 14.5 Å². The van der Waals surface area contributed by atoms with Crippen LogP contribution in [0.3, 0.4) is 0 Å². The van der Waals surface area contributed by atoms with Crippen molar-refractivity contribution in [3.63, 3.8) is 0 Å². The highest BCUT2D eigenvalue weighted by atomic mass is 32.2. The molecule has 164 valence electrons. The van der Waals surface area contributed by atoms with Crippen LogP contribution in [0.1, 0.15) is 58.2 Å². The molecule has 0 aromatic heterocycles. The van der Waals surface area contributed by atoms with Crippen LogP contribution in [0.25, 0.3) is 6.08 Å². The first-order valence-corrected chi connectivity index (χ1v) is 11.0. The summed E-state index contributed by atoms with van der Waals surface area (Å²) >= 11 is 1.34. The second-order valence-electron chi connectivity index (χ2n) is 9.83. The molecule has 5 nitrogen and oxygen atoms in total. The summed E-state index contributed by atoms with van der Waals surface area (Å²) in [7, 11) is 0. The maximum absolute atomic E-state index is 13.2. The number of carboxylic acids is 1. The molecule has 0 radical (unpaired) electrons. The second kappa shape index (κ2) is 8.08. The van der Waals surface area contributed by atoms with E-state index >= 15 is 0 Å². The number of aromatic hydroxyl groups is 1. The number of phenolic OH excluding ortho intramolecular Hbond substituents is 1. The Kier molecular flexibility index (Phi) is 5.98. The number of anilines is 1. The van der Waals surface area contributed by atoms with Crippen molar-refractivity contribution in [2.24, 2.45) is 0 Å². The summed E-state index contributed by atoms with van der Waals surface area (Å²) in [5.74, 6) is -1.12. The van der Waals surface area contributed by atoms with E-state index in [1.807, 2.05) is 65.8 Å². The molecule has 2 N–H and O–H groups in total. The van der Waals surface area contributed by atoms with Crippen molar-refractivity contribution in [1.82, 2.24) is 0 Å². The Morgan fingerprint density at radius 3 is 2.10 bits per heavy atom. The van der Waals surface area contributed by atoms with Crippen LogP contribution in [-0.4, -0.2) is 28.6 Å². The first-order valence-electron chi connectivity index (χ1n) is 10.2. The van der Waals surface area contributed by atoms with Gasteiger partial charge in [0, 0.05) is 16.0 Å². The lowest BCUT2D eigenvalue weighted by atomic mass is 9.78. The summed E-state index contributed by atoms with van der Waals surface area (Å²) < 4.78 is 0. The van der Waals surface area contributed by atoms with Crippen LogP contribution in [-0.2, 0) is 20.4 Å². The number of phenols is 1. The van der Waals surface area contributed by atoms with Crippen LogP contribution < -0.4 is 4.90 Å². The summed E-state index contributed by atoms with van der Waals surface area (Å²) in [6, 6.07) is 11.1. The van der Waals surface area contributed by atoms with E-state index in [1.54, 1.807) is 18.2 Å². The van der Waals surface area contributed by atoms with Crippen LogP contribution in [0.15, 0.2) is 46.2 Å². The third kappa shape index (κ3) is 4.79. The molecule has 31 heavy (non-hydrogen) atoms. The van der Waals surface area contributed by atoms with Crippen LogP contribution in [0.4, 0.5) is 5.69 Å². The number of hydrogen-bond acceptors (Lipinski definition) is 4. The van der Waals surface area contributed by atoms with Gasteiger partial charge in [-0.05, 0) is 46.7 Å². The topological polar surface area (TPSA) is 77.8 Å². The average molecular weight is 440 g/mol. The number of fused-ring (bicyclic) bond motifs is 1. The SMILES string of the molecule is CC(C)(C)c1cc(C=C2Sc3ccccc3N(CC(=O)O)C2=O)cc(C(C)(C)C)c1O. The van der Waals surface area contributed by atoms with Crippen LogP contribution in [0, 0.1) is 0 Å². The molecule has 0 aliphatic carbocycles. The van der Waals surface area contributed by atoms with E-state index in [2.05, 4.69) is 0 Å². The second-order valence-corrected chi connectivity index (χ2v) is 10.9. The summed E-state index contributed by atoms with van der Waals surface area (Å²) in [6.07, 6.45) is 1.79. The van der Waals surface area contributed by atoms with Crippen molar-refractivity contribution in [3.8, 4) is 5.75 Å². The van der Waals surface area contributed by atoms with E-state index in [9.17, 15) is 19.8 Å². The Balaban J connectivity index is 2.17. The van der Waals surface area contributed by atoms with Gasteiger partial charge >= 0.3 is 5.97 Å². The van der Waals surface area contributed by atoms with Gasteiger partial charge in [-0.2, -0.15) is 0 Å². The highest BCUT2D eigenvalue weighted by Gasteiger charge is 2.31. The zero-order valence-electron chi connectivity index (χ0n) is 18.8. The van der Waals surface area contributed by atoms with Gasteiger partial charge in [-0.25, -0.2) is 0 Å². The number of nitrogens with zero attached hydrogens (tertiary/aromatic N) is 1. The van der Waals surface area contributed by atoms with Crippen molar-refractivity contribution >= 4 is 35.4 Å². The van der Waals surface area contributed by atoms with Crippen molar-refractivity contribution in [2.75, 3.05) is 11.4 Å². The molecule has 2 aromatic rings. The molecule has 6 heteroatoms. The van der Waals surface area contributed by atoms with Crippen LogP contribution in [0.2, 0.25) is 0 Å². The van der Waals surface area contributed by atoms with Gasteiger partial charge in [-0.15, -0.1) is 0 Å². The number of carboxylic acid groups (broad SMARTS) is 1. The fourth-order valence-corrected chi connectivity index (χ4v) is 4.65. The lowest BCUT2D eigenvalue weighted by Gasteiger charge is -2.30. The highest BCUT2D eigenvalue weighted by molar-refractivity contribution is 8.04. The van der Waals surface area contributed by atoms with Gasteiger partial charge < -0.3 is 10.2 Å². The molecule has 1 aliphatic rings. The summed E-state index contributed by atoms with van der Waals surface area (Å²) in [5.41, 5.74) is 2.45. The largest absolute Gasteiger partial charge is 0.507 e. The van der Waals surface area contributed by atoms with Gasteiger partial charge in [-0.1, -0.05) is 65.4 Å². The van der Waals surface area contributed by atoms with Gasteiger partial charge in [0.2, 0.25) is 0 Å². The molecule has 0 unspecified atom stereocenters. The first kappa shape index (κ1) is 22.9. The third-order valence-corrected chi connectivity index (χ3v) is 6.25. The molecule has 0 saturated carbocycles. The molecule has 0 atom stereocenters. The van der Waals surface area contributed by atoms with Gasteiger partial charge in [0.05, 0.1) is 10.6 Å². The van der Waals surface area contributed by atoms with Gasteiger partial charge in [0.15, 0.2) is 0 Å². The number of rotatable bonds is 3. The molecular weight excluding hydrogens is 410 g/mol. The Morgan fingerprint density at radius 1 is 1.03 bits per heavy atom. The Morgan fingerprint density at radius 2 is 1.58 bits per heavy atom. The smallest absolute Gasteiger partial charge is 0.323 e. The number of benzene rings is 2. The Labute approximate surface area is 187 Å². The molecule has 0 bridgehead atoms. The highest BCUT2D eigenvalue weighted by Crippen LogP contribution is 2.44. The number of para-hydroxylation sites is 1. The number of thioether (sulfide) groups is 1. The maximum atomic E-state index is 13.2. The number of hydrogen-bond donors (Lipinski definition) is 2. The zero-order valence-corrected chi connectivity index (χ0v) is 19.6. The standard InChI is InChI=1S/C25H29NO4S/c1-24(2,3)16-11-15(12-17(22(16)29)25(4,5)6)13-20-23(30)26(14-21(27)28)18-9-7-8-10-19(18)31-20/h7-13,29H,14H2,1-6H3,(H,27,28). The minimum Gasteiger partial charge on any atom is -0.507 e. The van der Waals surface area contributed by atoms with Crippen molar-refractivity contribution < 1.29 is 19.8 Å². The lowest BCUT2D eigenvalue weighted by molar-refractivity contribution is -0.136. The van der Waals surface area contributed by atoms with E-state index in [0.717, 1.165) is 21.6 Å². The van der Waals surface area contributed by atoms with E-state index < -0.39 is 12.5 Å². The minimum absolute atomic E-state index is 0.280. The van der Waals surface area contributed by atoms with Gasteiger partial charge in [0.25, 0.3) is 5.91 Å². The predicted molar refractivity (Wildman–Crippen MR) is 126 cm³/mol. The van der Waals surface area contributed by atoms with E-state index in [0.29, 0.717) is 10.6 Å². The third-order valence-electron chi connectivity index (χ3n) is 5.17. The average Bonchev–Trinajstić information content (AvgIpc) is 2.64. The predicted octanol–water partition coefficient (Wildman–Crippen LogP) is 5.55. The zero-order chi connectivity index (χ0) is 23.1. The van der Waals surface area contributed by atoms with Crippen molar-refractivity contribution in [3.05, 3.63) is 58.0 Å². The van der Waals surface area contributed by atoms with Crippen LogP contribution >= 0.6 is 11.8 Å². The molecule has 1 heterocycles. The van der Waals surface area contributed by atoms with E-state index in [1.165, 1.54) is 16.7 Å². The molecule has 0 spiro atoms. The van der Waals surface area contributed by atoms with E-state index in [-0.39, 0.29) is 22.5 Å². The Bertz CT molecular complexity index is 1040. The molecule has 1 amide bonds. The summed E-state index contributed by atoms with van der Waals surface area (Å²) in [4.78, 5) is 27.2. The molecule has 3 rings (SSSR count). The Hall–Kier alpha value is -2.73. The molecule has 2 aromatic carbocycles. The first-order chi connectivity index (χ1) is 14.3. The molecule has 0 saturated heterocycles. The normalized spacial score (nSPS) is 15.9. The van der Waals surface area contributed by atoms with Crippen LogP contribution in [0.5, 0.6) is 5.75 Å². The maximum Gasteiger partial charge on any atom is 0.323 e. The molecule has 1 aliphatic heterocycles. The fourth-order valence-electron chi connectivity index (χ4n) is 3.59. The fraction of sp³-hybridized carbons (Fsp3) is 0.360. The van der Waals surface area contributed by atoms with Gasteiger partial charge in [0.1, 0.15) is 12.3 Å². The minimum atomic E-state index is -1.07. The summed E-state index contributed by atoms with van der Waals surface area (Å²) in [6.45, 7) is 11.8. The number of aliphatic carboxylic acids is 1. The molecule has 0 fully saturated rings. The van der Waals surface area contributed by atoms with Crippen molar-refractivity contribution in [1.29, 1.82) is 0 Å². The molecular formula is C25H29NO4S. The van der Waals surface area contributed by atoms with E-state index in [4.69, 9.17) is 0 Å². The monoisotopic (exact) mass is 439 g/mol. The lowest BCUT2D eigenvalue weighted by Crippen LogP contribution is -2.38. The number of carbonyl (C=O) groups excluding carboxylic acids is 1.